The molecule has 1 amide bonds. The summed E-state index contributed by atoms with van der Waals surface area (Å²) >= 11 is 0. The van der Waals surface area contributed by atoms with E-state index in [4.69, 9.17) is 9.47 Å². The number of carbonyl (C=O) groups excluding carboxylic acids is 1. The molecule has 9 nitrogen and oxygen atoms in total. The molecule has 0 saturated carbocycles. The van der Waals surface area contributed by atoms with Gasteiger partial charge in [0.1, 0.15) is 0 Å². The lowest BCUT2D eigenvalue weighted by molar-refractivity contribution is 0.0657. The van der Waals surface area contributed by atoms with E-state index >= 15 is 0 Å². The minimum absolute atomic E-state index is 0.0622. The van der Waals surface area contributed by atoms with E-state index < -0.39 is 21.5 Å². The maximum absolute atomic E-state index is 13.1. The molecule has 186 valence electrons. The Morgan fingerprint density at radius 2 is 1.77 bits per heavy atom. The number of hydrogen-bond acceptors (Lipinski definition) is 6. The third-order valence-corrected chi connectivity index (χ3v) is 7.62. The van der Waals surface area contributed by atoms with Crippen LogP contribution in [0.2, 0.25) is 0 Å². The van der Waals surface area contributed by atoms with Crippen molar-refractivity contribution in [1.82, 2.24) is 14.6 Å². The number of amides is 1. The third kappa shape index (κ3) is 5.96. The fourth-order valence-electron chi connectivity index (χ4n) is 3.81. The second kappa shape index (κ2) is 10.7. The normalized spacial score (nSPS) is 14.9. The maximum Gasteiger partial charge on any atom is 0.252 e. The van der Waals surface area contributed by atoms with Gasteiger partial charge < -0.3 is 19.8 Å². The lowest BCUT2D eigenvalue weighted by Crippen LogP contribution is -2.40. The van der Waals surface area contributed by atoms with Crippen LogP contribution in [0.1, 0.15) is 35.3 Å². The summed E-state index contributed by atoms with van der Waals surface area (Å²) in [7, 11) is -3.76. The van der Waals surface area contributed by atoms with Crippen LogP contribution >= 0.6 is 0 Å². The predicted octanol–water partition coefficient (Wildman–Crippen LogP) is 2.40. The van der Waals surface area contributed by atoms with Gasteiger partial charge in [0.2, 0.25) is 15.6 Å². The maximum atomic E-state index is 13.1. The second-order valence-corrected chi connectivity index (χ2v) is 10.6. The van der Waals surface area contributed by atoms with Crippen molar-refractivity contribution >= 4 is 26.8 Å². The van der Waals surface area contributed by atoms with Crippen LogP contribution in [0.15, 0.2) is 58.2 Å². The third-order valence-electron chi connectivity index (χ3n) is 5.73. The number of morpholine rings is 1. The molecule has 35 heavy (non-hydrogen) atoms. The number of carbonyl (C=O) groups is 1. The highest BCUT2D eigenvalue weighted by molar-refractivity contribution is 7.89. The Bertz CT molecular complexity index is 1360. The Morgan fingerprint density at radius 3 is 2.46 bits per heavy atom. The van der Waals surface area contributed by atoms with E-state index in [0.717, 1.165) is 11.1 Å². The van der Waals surface area contributed by atoms with E-state index in [9.17, 15) is 18.0 Å². The van der Waals surface area contributed by atoms with Crippen LogP contribution in [0.3, 0.4) is 0 Å². The van der Waals surface area contributed by atoms with Gasteiger partial charge in [-0.1, -0.05) is 24.3 Å². The highest BCUT2D eigenvalue weighted by Crippen LogP contribution is 2.23. The molecule has 1 saturated heterocycles. The van der Waals surface area contributed by atoms with Crippen LogP contribution < -0.4 is 10.9 Å². The predicted molar refractivity (Wildman–Crippen MR) is 132 cm³/mol. The van der Waals surface area contributed by atoms with Gasteiger partial charge in [0, 0.05) is 36.6 Å². The fourth-order valence-corrected chi connectivity index (χ4v) is 5.25. The van der Waals surface area contributed by atoms with E-state index in [-0.39, 0.29) is 36.2 Å². The lowest BCUT2D eigenvalue weighted by atomic mass is 10.1. The molecule has 2 N–H and O–H groups in total. The number of H-pyrrole nitrogens is 1. The minimum Gasteiger partial charge on any atom is -0.379 e. The Labute approximate surface area is 204 Å². The molecule has 1 aliphatic heterocycles. The molecule has 2 heterocycles. The first kappa shape index (κ1) is 25.1. The van der Waals surface area contributed by atoms with E-state index in [2.05, 4.69) is 10.3 Å². The molecule has 0 spiro atoms. The van der Waals surface area contributed by atoms with Crippen molar-refractivity contribution in [3.8, 4) is 0 Å². The molecule has 10 heteroatoms. The van der Waals surface area contributed by atoms with Gasteiger partial charge in [-0.2, -0.15) is 4.31 Å². The van der Waals surface area contributed by atoms with Crippen LogP contribution in [0.25, 0.3) is 10.9 Å². The zero-order valence-corrected chi connectivity index (χ0v) is 20.6. The van der Waals surface area contributed by atoms with Crippen LogP contribution in [-0.4, -0.2) is 56.0 Å². The van der Waals surface area contributed by atoms with Crippen LogP contribution in [0, 0.1) is 0 Å². The van der Waals surface area contributed by atoms with Crippen molar-refractivity contribution in [2.75, 3.05) is 26.3 Å². The van der Waals surface area contributed by atoms with Crippen LogP contribution in [-0.2, 0) is 32.6 Å². The average molecular weight is 500 g/mol. The summed E-state index contributed by atoms with van der Waals surface area (Å²) in [6.07, 6.45) is 0.141. The number of pyridine rings is 1. The molecule has 0 atom stereocenters. The molecule has 3 aromatic rings. The number of sulfonamides is 1. The highest BCUT2D eigenvalue weighted by atomic mass is 32.2. The number of hydrogen-bond donors (Lipinski definition) is 2. The molecule has 0 radical (unpaired) electrons. The monoisotopic (exact) mass is 499 g/mol. The SMILES string of the molecule is CC(C)OCc1ccc(CNC(=O)c2cc(=O)[nH]c3ccc(S(=O)(=O)N4CCOCC4)cc23)cc1. The van der Waals surface area contributed by atoms with E-state index in [1.165, 1.54) is 28.6 Å². The number of aromatic amines is 1. The van der Waals surface area contributed by atoms with Crippen LogP contribution in [0.5, 0.6) is 0 Å². The van der Waals surface area contributed by atoms with Crippen molar-refractivity contribution in [3.05, 3.63) is 75.6 Å². The average Bonchev–Trinajstić information content (AvgIpc) is 2.86. The topological polar surface area (TPSA) is 118 Å². The summed E-state index contributed by atoms with van der Waals surface area (Å²) in [6.45, 7) is 5.91. The Balaban J connectivity index is 1.55. The highest BCUT2D eigenvalue weighted by Gasteiger charge is 2.27. The van der Waals surface area contributed by atoms with Crippen LogP contribution in [0.4, 0.5) is 0 Å². The van der Waals surface area contributed by atoms with Gasteiger partial charge in [-0.3, -0.25) is 9.59 Å². The first-order chi connectivity index (χ1) is 16.7. The summed E-state index contributed by atoms with van der Waals surface area (Å²) in [6, 6.07) is 13.3. The smallest absolute Gasteiger partial charge is 0.252 e. The van der Waals surface area contributed by atoms with Gasteiger partial charge in [-0.25, -0.2) is 8.42 Å². The number of rotatable bonds is 8. The molecular weight excluding hydrogens is 470 g/mol. The summed E-state index contributed by atoms with van der Waals surface area (Å²) in [4.78, 5) is 27.9. The Hall–Kier alpha value is -3.05. The lowest BCUT2D eigenvalue weighted by Gasteiger charge is -2.26. The first-order valence-electron chi connectivity index (χ1n) is 11.5. The van der Waals surface area contributed by atoms with E-state index in [1.807, 2.05) is 38.1 Å². The first-order valence-corrected chi connectivity index (χ1v) is 12.9. The van der Waals surface area contributed by atoms with Crippen molar-refractivity contribution < 1.29 is 22.7 Å². The molecule has 0 aliphatic carbocycles. The van der Waals surface area contributed by atoms with Gasteiger partial charge in [-0.15, -0.1) is 0 Å². The number of nitrogens with zero attached hydrogens (tertiary/aromatic N) is 1. The molecule has 0 unspecified atom stereocenters. The van der Waals surface area contributed by atoms with Crippen molar-refractivity contribution in [3.63, 3.8) is 0 Å². The largest absolute Gasteiger partial charge is 0.379 e. The van der Waals surface area contributed by atoms with Gasteiger partial charge in [0.05, 0.1) is 36.4 Å². The summed E-state index contributed by atoms with van der Waals surface area (Å²) in [5.74, 6) is -0.464. The van der Waals surface area contributed by atoms with Gasteiger partial charge in [0.15, 0.2) is 0 Å². The fraction of sp³-hybridized carbons (Fsp3) is 0.360. The van der Waals surface area contributed by atoms with Gasteiger partial charge in [0.25, 0.3) is 5.91 Å². The molecule has 2 aromatic carbocycles. The van der Waals surface area contributed by atoms with E-state index in [1.54, 1.807) is 0 Å². The summed E-state index contributed by atoms with van der Waals surface area (Å²) < 4.78 is 38.4. The molecule has 1 aromatic heterocycles. The number of benzene rings is 2. The minimum atomic E-state index is -3.76. The van der Waals surface area contributed by atoms with Gasteiger partial charge >= 0.3 is 0 Å². The summed E-state index contributed by atoms with van der Waals surface area (Å²) in [5, 5.41) is 3.19. The molecule has 4 rings (SSSR count). The standard InChI is InChI=1S/C25H29N3O6S/c1-17(2)34-16-19-5-3-18(4-6-19)15-26-25(30)22-14-24(29)27-23-8-7-20(13-21(22)23)35(31,32)28-9-11-33-12-10-28/h3-8,13-14,17H,9-12,15-16H2,1-2H3,(H,26,30)(H,27,29). The Kier molecular flexibility index (Phi) is 7.66. The number of nitrogens with one attached hydrogen (secondary N) is 2. The van der Waals surface area contributed by atoms with Crippen molar-refractivity contribution in [2.45, 2.75) is 38.0 Å². The Morgan fingerprint density at radius 1 is 1.09 bits per heavy atom. The zero-order valence-electron chi connectivity index (χ0n) is 19.7. The summed E-state index contributed by atoms with van der Waals surface area (Å²) in [5.41, 5.74) is 1.98. The van der Waals surface area contributed by atoms with Gasteiger partial charge in [-0.05, 0) is 43.2 Å². The van der Waals surface area contributed by atoms with Crippen molar-refractivity contribution in [1.29, 1.82) is 0 Å². The number of aromatic nitrogens is 1. The zero-order chi connectivity index (χ0) is 25.0. The quantitative estimate of drug-likeness (QED) is 0.492. The second-order valence-electron chi connectivity index (χ2n) is 8.63. The van der Waals surface area contributed by atoms with Crippen molar-refractivity contribution in [2.24, 2.45) is 0 Å². The number of ether oxygens (including phenoxy) is 2. The molecule has 1 aliphatic rings. The molecular formula is C25H29N3O6S. The number of fused-ring (bicyclic) bond motifs is 1. The molecule has 0 bridgehead atoms. The van der Waals surface area contributed by atoms with E-state index in [0.29, 0.717) is 30.7 Å². The molecule has 1 fully saturated rings.